The third-order valence-electron chi connectivity index (χ3n) is 1.79. The maximum Gasteiger partial charge on any atom is 0.328 e. The van der Waals surface area contributed by atoms with Gasteiger partial charge in [-0.3, -0.25) is 4.79 Å². The van der Waals surface area contributed by atoms with Gasteiger partial charge in [0.05, 0.1) is 6.04 Å². The quantitative estimate of drug-likeness (QED) is 0.314. The predicted molar refractivity (Wildman–Crippen MR) is 61.7 cm³/mol. The van der Waals surface area contributed by atoms with E-state index < -0.39 is 29.6 Å². The van der Waals surface area contributed by atoms with Crippen LogP contribution in [0.3, 0.4) is 0 Å². The van der Waals surface area contributed by atoms with Crippen LogP contribution in [-0.4, -0.2) is 36.0 Å². The Balaban J connectivity index is 0. The molecule has 0 aliphatic rings. The maximum atomic E-state index is 11.5. The van der Waals surface area contributed by atoms with Crippen molar-refractivity contribution in [2.24, 2.45) is 0 Å². The third kappa shape index (κ3) is 6.81. The molecular weight excluding hydrogens is 481 g/mol. The Labute approximate surface area is 101 Å². The summed E-state index contributed by atoms with van der Waals surface area (Å²) in [6.45, 7) is 8.23. The zero-order chi connectivity index (χ0) is 13.6. The summed E-state index contributed by atoms with van der Waals surface area (Å²) in [7, 11) is 0. The first-order chi connectivity index (χ1) is 7.67. The largest absolute Gasteiger partial charge is 0.520 e. The number of esters is 1. The Hall–Kier alpha value is -2.59. The summed E-state index contributed by atoms with van der Waals surface area (Å²) >= 11 is 0. The minimum Gasteiger partial charge on any atom is -0.520 e. The molecule has 6 nitrogen and oxygen atoms in total. The molecule has 0 aromatic carbocycles. The van der Waals surface area contributed by atoms with Gasteiger partial charge in [0.1, 0.15) is 11.6 Å². The minimum absolute atomic E-state index is 0. The molecule has 110 valence electrons. The SMILES string of the molecule is C[C@H](N[C-]=O)C(=O)N[C@@H](C)C(=O)OC(C)(C)C.[Fm]. The molecule has 0 heterocycles. The molecule has 0 spiro atoms. The van der Waals surface area contributed by atoms with E-state index in [1.54, 1.807) is 20.8 Å². The monoisotopic (exact) mass is 500 g/mol. The predicted octanol–water partition coefficient (Wildman–Crippen LogP) is -0.122. The first-order valence-corrected chi connectivity index (χ1v) is 5.33. The molecule has 0 rings (SSSR count). The summed E-state index contributed by atoms with van der Waals surface area (Å²) in [5, 5.41) is 4.60. The van der Waals surface area contributed by atoms with E-state index in [2.05, 4.69) is 10.6 Å². The number of carbonyl (C=O) groups is 2. The Morgan fingerprint density at radius 2 is 1.67 bits per heavy atom. The molecule has 0 fully saturated rings. The molecule has 0 saturated carbocycles. The molecule has 2 N–H and O–H groups in total. The van der Waals surface area contributed by atoms with E-state index in [0.29, 0.717) is 0 Å². The summed E-state index contributed by atoms with van der Waals surface area (Å²) in [6.07, 6.45) is 1.41. The van der Waals surface area contributed by atoms with E-state index in [4.69, 9.17) is 4.74 Å². The Kier molecular flexibility index (Phi) is 6.80. The Morgan fingerprint density at radius 3 is 2.06 bits per heavy atom. The van der Waals surface area contributed by atoms with Crippen molar-refractivity contribution in [2.75, 3.05) is 0 Å². The fraction of sp³-hybridized carbons (Fsp3) is 0.727. The Morgan fingerprint density at radius 1 is 1.17 bits per heavy atom. The first kappa shape index (κ1) is 17.8. The van der Waals surface area contributed by atoms with Gasteiger partial charge < -0.3 is 20.2 Å². The molecule has 7 heteroatoms. The van der Waals surface area contributed by atoms with Crippen LogP contribution in [-0.2, 0) is 19.1 Å². The topological polar surface area (TPSA) is 84.5 Å². The van der Waals surface area contributed by atoms with Crippen molar-refractivity contribution in [3.8, 4) is 0 Å². The van der Waals surface area contributed by atoms with Crippen LogP contribution in [0, 0.1) is 0 Å². The van der Waals surface area contributed by atoms with Crippen molar-refractivity contribution < 1.29 is 19.1 Å². The fourth-order valence-corrected chi connectivity index (χ4v) is 0.941. The normalized spacial score (nSPS) is 13.6. The van der Waals surface area contributed by atoms with Gasteiger partial charge >= 0.3 is 5.97 Å². The van der Waals surface area contributed by atoms with E-state index in [9.17, 15) is 14.4 Å². The first-order valence-electron chi connectivity index (χ1n) is 5.33. The van der Waals surface area contributed by atoms with Crippen molar-refractivity contribution in [1.29, 1.82) is 0 Å². The Bertz CT molecular complexity index is 302. The summed E-state index contributed by atoms with van der Waals surface area (Å²) < 4.78 is 5.09. The molecular formula is C11H19FmN2O4-. The average Bonchev–Trinajstić information content (AvgIpc) is 2.15. The molecule has 18 heavy (non-hydrogen) atoms. The molecule has 0 saturated heterocycles. The van der Waals surface area contributed by atoms with Gasteiger partial charge in [-0.1, -0.05) is 0 Å². The van der Waals surface area contributed by atoms with Gasteiger partial charge in [0.2, 0.25) is 5.91 Å². The third-order valence-corrected chi connectivity index (χ3v) is 1.79. The second kappa shape index (κ2) is 6.88. The maximum absolute atomic E-state index is 11.5. The minimum atomic E-state index is -0.766. The van der Waals surface area contributed by atoms with Gasteiger partial charge in [0, 0.05) is 0 Å². The van der Waals surface area contributed by atoms with Gasteiger partial charge in [0.25, 0.3) is 0 Å². The van der Waals surface area contributed by atoms with E-state index in [1.165, 1.54) is 20.3 Å². The molecule has 0 aliphatic heterocycles. The number of hydrogen-bond donors (Lipinski definition) is 2. The summed E-state index contributed by atoms with van der Waals surface area (Å²) in [5.74, 6) is -0.986. The van der Waals surface area contributed by atoms with Crippen LogP contribution in [0.1, 0.15) is 34.6 Å². The van der Waals surface area contributed by atoms with E-state index >= 15 is 0 Å². The van der Waals surface area contributed by atoms with Gasteiger partial charge in [-0.2, -0.15) is 6.41 Å². The molecule has 0 aliphatic carbocycles. The average molecular weight is 500 g/mol. The van der Waals surface area contributed by atoms with Gasteiger partial charge in [0.15, 0.2) is 0 Å². The second-order valence-corrected chi connectivity index (χ2v) is 4.73. The van der Waals surface area contributed by atoms with E-state index in [-0.39, 0.29) is 0 Å². The number of amides is 2. The van der Waals surface area contributed by atoms with Crippen LogP contribution in [0.5, 0.6) is 0 Å². The molecule has 0 unspecified atom stereocenters. The number of ether oxygens (including phenoxy) is 1. The van der Waals surface area contributed by atoms with Gasteiger partial charge in [-0.15, -0.1) is 0 Å². The van der Waals surface area contributed by atoms with Crippen LogP contribution in [0.2, 0.25) is 0 Å². The number of hydrogen-bond acceptors (Lipinski definition) is 4. The molecule has 2 atom stereocenters. The van der Waals surface area contributed by atoms with Crippen molar-refractivity contribution in [2.45, 2.75) is 52.3 Å². The fourth-order valence-electron chi connectivity index (χ4n) is 0.941. The van der Waals surface area contributed by atoms with Crippen LogP contribution >= 0.6 is 0 Å². The van der Waals surface area contributed by atoms with E-state index in [0.717, 1.165) is 0 Å². The smallest absolute Gasteiger partial charge is 0.328 e. The zero-order valence-corrected chi connectivity index (χ0v) is 13.5. The molecule has 2 amide bonds. The van der Waals surface area contributed by atoms with Crippen molar-refractivity contribution in [3.05, 3.63) is 0 Å². The van der Waals surface area contributed by atoms with Crippen molar-refractivity contribution >= 4 is 18.3 Å². The van der Waals surface area contributed by atoms with Gasteiger partial charge in [-0.25, -0.2) is 4.79 Å². The van der Waals surface area contributed by atoms with Crippen LogP contribution in [0.15, 0.2) is 0 Å². The molecule has 0 aromatic rings. The number of carbonyl (C=O) groups excluding carboxylic acids is 3. The van der Waals surface area contributed by atoms with E-state index in [1.807, 2.05) is 0 Å². The second-order valence-electron chi connectivity index (χ2n) is 4.73. The number of nitrogens with one attached hydrogen (secondary N) is 2. The number of rotatable bonds is 5. The summed E-state index contributed by atoms with van der Waals surface area (Å²) in [6, 6.07) is -1.50. The molecule has 0 radical (unpaired) electrons. The van der Waals surface area contributed by atoms with Crippen LogP contribution < -0.4 is 10.6 Å². The zero-order valence-electron chi connectivity index (χ0n) is 11.1. The standard InChI is InChI=1S/C11H19N2O4.Fm/c1-7(12-6-14)9(15)13-8(2)10(16)17-11(3,4)5;/h7-8H,1-5H3,(H,12,14)(H,13,15);/q-1;/t7-,8-;/m0./s1. The molecule has 0 bridgehead atoms. The van der Waals surface area contributed by atoms with Crippen LogP contribution in [0.4, 0.5) is 0 Å². The van der Waals surface area contributed by atoms with Crippen molar-refractivity contribution in [1.82, 2.24) is 10.6 Å². The van der Waals surface area contributed by atoms with Crippen molar-refractivity contribution in [3.63, 3.8) is 0 Å². The summed E-state index contributed by atoms with van der Waals surface area (Å²) in [5.41, 5.74) is -0.601. The summed E-state index contributed by atoms with van der Waals surface area (Å²) in [4.78, 5) is 33.0. The molecule has 0 aromatic heterocycles. The van der Waals surface area contributed by atoms with Gasteiger partial charge in [-0.05, 0) is 34.6 Å². The van der Waals surface area contributed by atoms with Crippen LogP contribution in [0.25, 0.3) is 0 Å².